The zero-order valence-corrected chi connectivity index (χ0v) is 23.1. The molecule has 5 rings (SSSR count). The van der Waals surface area contributed by atoms with Gasteiger partial charge in [0.25, 0.3) is 5.91 Å². The second-order valence-corrected chi connectivity index (χ2v) is 10.2. The van der Waals surface area contributed by atoms with Gasteiger partial charge in [-0.2, -0.15) is 0 Å². The number of unbranched alkanes of at least 4 members (excludes halogenated alkanes) is 2. The SMILES string of the molecule is CCCCCOc1ccc(C2c3c(oc4ccc(Br)cc4c3=O)C(=O)N2Cc2ccccc2)cc1OCC. The normalized spacial score (nSPS) is 14.7. The van der Waals surface area contributed by atoms with Crippen LogP contribution in [-0.2, 0) is 6.54 Å². The van der Waals surface area contributed by atoms with Crippen molar-refractivity contribution in [2.75, 3.05) is 13.2 Å². The molecule has 0 radical (unpaired) electrons. The van der Waals surface area contributed by atoms with E-state index < -0.39 is 6.04 Å². The highest BCUT2D eigenvalue weighted by atomic mass is 79.9. The fraction of sp³-hybridized carbons (Fsp3) is 0.290. The van der Waals surface area contributed by atoms with Crippen molar-refractivity contribution >= 4 is 32.8 Å². The average molecular weight is 576 g/mol. The number of hydrogen-bond donors (Lipinski definition) is 0. The van der Waals surface area contributed by atoms with Crippen LogP contribution in [0.1, 0.15) is 66.4 Å². The Hall–Kier alpha value is -3.58. The maximum Gasteiger partial charge on any atom is 0.291 e. The Morgan fingerprint density at radius 3 is 2.50 bits per heavy atom. The number of benzene rings is 3. The van der Waals surface area contributed by atoms with E-state index in [4.69, 9.17) is 13.9 Å². The van der Waals surface area contributed by atoms with E-state index in [0.717, 1.165) is 34.9 Å². The molecule has 1 aromatic heterocycles. The second-order valence-electron chi connectivity index (χ2n) is 9.33. The summed E-state index contributed by atoms with van der Waals surface area (Å²) in [5.41, 5.74) is 2.24. The minimum atomic E-state index is -0.634. The van der Waals surface area contributed by atoms with Gasteiger partial charge in [-0.05, 0) is 54.8 Å². The van der Waals surface area contributed by atoms with Gasteiger partial charge in [0.15, 0.2) is 16.9 Å². The highest BCUT2D eigenvalue weighted by molar-refractivity contribution is 9.10. The van der Waals surface area contributed by atoms with E-state index in [1.165, 1.54) is 0 Å². The van der Waals surface area contributed by atoms with Crippen LogP contribution in [0.2, 0.25) is 0 Å². The van der Waals surface area contributed by atoms with Crippen LogP contribution < -0.4 is 14.9 Å². The second kappa shape index (κ2) is 11.4. The summed E-state index contributed by atoms with van der Waals surface area (Å²) in [6, 6.07) is 20.0. The van der Waals surface area contributed by atoms with E-state index in [0.29, 0.717) is 47.8 Å². The first-order chi connectivity index (χ1) is 18.5. The third-order valence-electron chi connectivity index (χ3n) is 6.71. The summed E-state index contributed by atoms with van der Waals surface area (Å²) in [5.74, 6) is 1.02. The maximum absolute atomic E-state index is 13.9. The van der Waals surface area contributed by atoms with Gasteiger partial charge < -0.3 is 18.8 Å². The lowest BCUT2D eigenvalue weighted by Crippen LogP contribution is -2.29. The quantitative estimate of drug-likeness (QED) is 0.186. The maximum atomic E-state index is 13.9. The van der Waals surface area contributed by atoms with Crippen molar-refractivity contribution in [3.8, 4) is 11.5 Å². The third-order valence-corrected chi connectivity index (χ3v) is 7.21. The van der Waals surface area contributed by atoms with E-state index in [1.54, 1.807) is 23.1 Å². The van der Waals surface area contributed by atoms with E-state index >= 15 is 0 Å². The topological polar surface area (TPSA) is 69.0 Å². The lowest BCUT2D eigenvalue weighted by atomic mass is 9.97. The molecule has 1 unspecified atom stereocenters. The fourth-order valence-electron chi connectivity index (χ4n) is 4.90. The summed E-state index contributed by atoms with van der Waals surface area (Å²) in [4.78, 5) is 29.3. The Morgan fingerprint density at radius 1 is 0.921 bits per heavy atom. The van der Waals surface area contributed by atoms with Crippen LogP contribution in [0.25, 0.3) is 11.0 Å². The standard InChI is InChI=1S/C31H30BrNO5/c1-3-5-9-16-37-25-14-12-21(17-26(25)36-4-2)28-27-29(34)23-18-22(32)13-15-24(23)38-30(27)31(35)33(28)19-20-10-7-6-8-11-20/h6-8,10-15,17-18,28H,3-5,9,16,19H2,1-2H3. The van der Waals surface area contributed by atoms with Crippen molar-refractivity contribution in [2.45, 2.75) is 45.7 Å². The molecule has 0 spiro atoms. The first-order valence-corrected chi connectivity index (χ1v) is 13.8. The summed E-state index contributed by atoms with van der Waals surface area (Å²) in [7, 11) is 0. The molecule has 7 heteroatoms. The van der Waals surface area contributed by atoms with Crippen LogP contribution >= 0.6 is 15.9 Å². The molecular weight excluding hydrogens is 546 g/mol. The molecule has 0 saturated carbocycles. The predicted octanol–water partition coefficient (Wildman–Crippen LogP) is 7.27. The monoisotopic (exact) mass is 575 g/mol. The highest BCUT2D eigenvalue weighted by Crippen LogP contribution is 2.42. The van der Waals surface area contributed by atoms with E-state index in [-0.39, 0.29) is 17.1 Å². The van der Waals surface area contributed by atoms with Crippen molar-refractivity contribution in [3.63, 3.8) is 0 Å². The van der Waals surface area contributed by atoms with Crippen molar-refractivity contribution in [3.05, 3.63) is 104 Å². The molecule has 0 saturated heterocycles. The molecule has 1 aliphatic rings. The van der Waals surface area contributed by atoms with Crippen LogP contribution in [0.3, 0.4) is 0 Å². The molecule has 0 fully saturated rings. The Bertz CT molecular complexity index is 1510. The van der Waals surface area contributed by atoms with Gasteiger partial charge in [0.1, 0.15) is 5.58 Å². The van der Waals surface area contributed by atoms with Gasteiger partial charge in [0.05, 0.1) is 30.2 Å². The zero-order chi connectivity index (χ0) is 26.6. The van der Waals surface area contributed by atoms with Gasteiger partial charge in [-0.15, -0.1) is 0 Å². The summed E-state index contributed by atoms with van der Waals surface area (Å²) in [6.07, 6.45) is 3.17. The van der Waals surface area contributed by atoms with Gasteiger partial charge in [0, 0.05) is 11.0 Å². The van der Waals surface area contributed by atoms with Crippen molar-refractivity contribution < 1.29 is 18.7 Å². The number of carbonyl (C=O) groups excluding carboxylic acids is 1. The van der Waals surface area contributed by atoms with Gasteiger partial charge in [-0.1, -0.05) is 72.1 Å². The average Bonchev–Trinajstić information content (AvgIpc) is 3.20. The summed E-state index contributed by atoms with van der Waals surface area (Å²) >= 11 is 3.45. The van der Waals surface area contributed by atoms with Crippen LogP contribution in [0, 0.1) is 0 Å². The summed E-state index contributed by atoms with van der Waals surface area (Å²) in [5, 5.41) is 0.429. The number of nitrogens with zero attached hydrogens (tertiary/aromatic N) is 1. The molecule has 3 aromatic carbocycles. The Balaban J connectivity index is 1.63. The molecule has 0 bridgehead atoms. The third kappa shape index (κ3) is 5.07. The number of rotatable bonds is 10. The van der Waals surface area contributed by atoms with Gasteiger partial charge in [0.2, 0.25) is 5.76 Å². The molecule has 1 aliphatic heterocycles. The number of fused-ring (bicyclic) bond motifs is 2. The molecule has 0 aliphatic carbocycles. The molecular formula is C31H30BrNO5. The molecule has 196 valence electrons. The molecule has 38 heavy (non-hydrogen) atoms. The molecule has 6 nitrogen and oxygen atoms in total. The van der Waals surface area contributed by atoms with Crippen molar-refractivity contribution in [1.29, 1.82) is 0 Å². The number of ether oxygens (including phenoxy) is 2. The summed E-state index contributed by atoms with van der Waals surface area (Å²) < 4.78 is 18.8. The van der Waals surface area contributed by atoms with Crippen LogP contribution in [-0.4, -0.2) is 24.0 Å². The predicted molar refractivity (Wildman–Crippen MR) is 151 cm³/mol. The van der Waals surface area contributed by atoms with Crippen molar-refractivity contribution in [2.24, 2.45) is 0 Å². The Morgan fingerprint density at radius 2 is 1.74 bits per heavy atom. The van der Waals surface area contributed by atoms with Crippen LogP contribution in [0.5, 0.6) is 11.5 Å². The summed E-state index contributed by atoms with van der Waals surface area (Å²) in [6.45, 7) is 5.46. The number of halogens is 1. The van der Waals surface area contributed by atoms with Gasteiger partial charge >= 0.3 is 0 Å². The minimum Gasteiger partial charge on any atom is -0.490 e. The van der Waals surface area contributed by atoms with E-state index in [9.17, 15) is 9.59 Å². The van der Waals surface area contributed by atoms with Crippen LogP contribution in [0.4, 0.5) is 0 Å². The lowest BCUT2D eigenvalue weighted by molar-refractivity contribution is 0.0714. The minimum absolute atomic E-state index is 0.0867. The molecule has 1 amide bonds. The number of hydrogen-bond acceptors (Lipinski definition) is 5. The van der Waals surface area contributed by atoms with Gasteiger partial charge in [-0.3, -0.25) is 9.59 Å². The zero-order valence-electron chi connectivity index (χ0n) is 21.5. The molecule has 0 N–H and O–H groups in total. The fourth-order valence-corrected chi connectivity index (χ4v) is 5.26. The Labute approximate surface area is 230 Å². The smallest absolute Gasteiger partial charge is 0.291 e. The number of amides is 1. The molecule has 4 aromatic rings. The van der Waals surface area contributed by atoms with Crippen molar-refractivity contribution in [1.82, 2.24) is 4.90 Å². The molecule has 2 heterocycles. The van der Waals surface area contributed by atoms with E-state index in [1.807, 2.05) is 55.5 Å². The lowest BCUT2D eigenvalue weighted by Gasteiger charge is -2.26. The van der Waals surface area contributed by atoms with Crippen LogP contribution in [0.15, 0.2) is 80.4 Å². The van der Waals surface area contributed by atoms with E-state index in [2.05, 4.69) is 22.9 Å². The largest absolute Gasteiger partial charge is 0.490 e. The van der Waals surface area contributed by atoms with Gasteiger partial charge in [-0.25, -0.2) is 0 Å². The number of carbonyl (C=O) groups is 1. The highest BCUT2D eigenvalue weighted by Gasteiger charge is 2.43. The first kappa shape index (κ1) is 26.0. The Kier molecular flexibility index (Phi) is 7.84. The first-order valence-electron chi connectivity index (χ1n) is 13.0. The molecule has 1 atom stereocenters.